The minimum Gasteiger partial charge on any atom is -0.423 e. The molecule has 0 unspecified atom stereocenters. The van der Waals surface area contributed by atoms with Crippen molar-refractivity contribution in [3.63, 3.8) is 0 Å². The summed E-state index contributed by atoms with van der Waals surface area (Å²) in [4.78, 5) is 25.2. The molecule has 3 rings (SSSR count). The predicted octanol–water partition coefficient (Wildman–Crippen LogP) is 3.57. The molecule has 0 aromatic heterocycles. The SMILES string of the molecule is O=C(/C=C/c1cccc(F)c1)Oc1ccc(N2CCCC2=O)cc1. The fourth-order valence-electron chi connectivity index (χ4n) is 2.54. The van der Waals surface area contributed by atoms with Crippen molar-refractivity contribution in [2.75, 3.05) is 11.4 Å². The molecule has 0 radical (unpaired) electrons. The lowest BCUT2D eigenvalue weighted by atomic mass is 10.2. The Labute approximate surface area is 139 Å². The third kappa shape index (κ3) is 3.87. The molecule has 24 heavy (non-hydrogen) atoms. The van der Waals surface area contributed by atoms with Crippen LogP contribution >= 0.6 is 0 Å². The number of carbonyl (C=O) groups is 2. The molecule has 1 aliphatic rings. The molecule has 1 heterocycles. The van der Waals surface area contributed by atoms with E-state index >= 15 is 0 Å². The first-order valence-electron chi connectivity index (χ1n) is 7.68. The molecule has 2 aromatic rings. The van der Waals surface area contributed by atoms with Crippen molar-refractivity contribution in [3.8, 4) is 5.75 Å². The summed E-state index contributed by atoms with van der Waals surface area (Å²) in [6.45, 7) is 0.717. The van der Waals surface area contributed by atoms with Crippen LogP contribution < -0.4 is 9.64 Å². The van der Waals surface area contributed by atoms with Gasteiger partial charge in [-0.05, 0) is 54.5 Å². The van der Waals surface area contributed by atoms with Crippen LogP contribution in [0.2, 0.25) is 0 Å². The number of benzene rings is 2. The summed E-state index contributed by atoms with van der Waals surface area (Å²) >= 11 is 0. The second-order valence-corrected chi connectivity index (χ2v) is 5.45. The highest BCUT2D eigenvalue weighted by Crippen LogP contribution is 2.24. The third-order valence-corrected chi connectivity index (χ3v) is 3.70. The maximum atomic E-state index is 13.1. The second kappa shape index (κ2) is 7.08. The highest BCUT2D eigenvalue weighted by molar-refractivity contribution is 5.95. The Morgan fingerprint density at radius 3 is 2.62 bits per heavy atom. The minimum atomic E-state index is -0.552. The Morgan fingerprint density at radius 2 is 1.96 bits per heavy atom. The molecule has 5 heteroatoms. The lowest BCUT2D eigenvalue weighted by Gasteiger charge is -2.15. The quantitative estimate of drug-likeness (QED) is 0.490. The summed E-state index contributed by atoms with van der Waals surface area (Å²) in [6.07, 6.45) is 4.16. The van der Waals surface area contributed by atoms with Gasteiger partial charge < -0.3 is 9.64 Å². The van der Waals surface area contributed by atoms with Gasteiger partial charge in [0.1, 0.15) is 11.6 Å². The molecule has 0 spiro atoms. The number of nitrogens with zero attached hydrogens (tertiary/aromatic N) is 1. The van der Waals surface area contributed by atoms with Gasteiger partial charge in [-0.1, -0.05) is 12.1 Å². The van der Waals surface area contributed by atoms with Crippen LogP contribution in [0.25, 0.3) is 6.08 Å². The fraction of sp³-hybridized carbons (Fsp3) is 0.158. The summed E-state index contributed by atoms with van der Waals surface area (Å²) in [5, 5.41) is 0. The van der Waals surface area contributed by atoms with E-state index in [4.69, 9.17) is 4.74 Å². The smallest absolute Gasteiger partial charge is 0.336 e. The molecular weight excluding hydrogens is 309 g/mol. The molecule has 0 N–H and O–H groups in total. The van der Waals surface area contributed by atoms with Crippen LogP contribution in [-0.2, 0) is 9.59 Å². The Balaban J connectivity index is 1.61. The predicted molar refractivity (Wildman–Crippen MR) is 89.1 cm³/mol. The number of carbonyl (C=O) groups excluding carboxylic acids is 2. The molecular formula is C19H16FNO3. The van der Waals surface area contributed by atoms with Gasteiger partial charge in [0.15, 0.2) is 0 Å². The number of hydrogen-bond acceptors (Lipinski definition) is 3. The maximum Gasteiger partial charge on any atom is 0.336 e. The van der Waals surface area contributed by atoms with Gasteiger partial charge in [-0.2, -0.15) is 0 Å². The molecule has 1 saturated heterocycles. The third-order valence-electron chi connectivity index (χ3n) is 3.70. The average Bonchev–Trinajstić information content (AvgIpc) is 3.00. The van der Waals surface area contributed by atoms with Gasteiger partial charge in [0.25, 0.3) is 0 Å². The number of halogens is 1. The van der Waals surface area contributed by atoms with Crippen molar-refractivity contribution in [2.45, 2.75) is 12.8 Å². The van der Waals surface area contributed by atoms with Crippen LogP contribution in [0.15, 0.2) is 54.6 Å². The minimum absolute atomic E-state index is 0.109. The van der Waals surface area contributed by atoms with E-state index in [9.17, 15) is 14.0 Å². The fourth-order valence-corrected chi connectivity index (χ4v) is 2.54. The Morgan fingerprint density at radius 1 is 1.17 bits per heavy atom. The number of ether oxygens (including phenoxy) is 1. The Bertz CT molecular complexity index is 783. The van der Waals surface area contributed by atoms with Gasteiger partial charge in [0, 0.05) is 24.7 Å². The van der Waals surface area contributed by atoms with E-state index in [1.807, 2.05) is 0 Å². The monoisotopic (exact) mass is 325 g/mol. The van der Waals surface area contributed by atoms with Gasteiger partial charge in [-0.25, -0.2) is 9.18 Å². The second-order valence-electron chi connectivity index (χ2n) is 5.45. The summed E-state index contributed by atoms with van der Waals surface area (Å²) in [5.74, 6) is -0.418. The van der Waals surface area contributed by atoms with Gasteiger partial charge in [0.05, 0.1) is 0 Å². The van der Waals surface area contributed by atoms with Gasteiger partial charge in [0.2, 0.25) is 5.91 Å². The van der Waals surface area contributed by atoms with Crippen LogP contribution in [0.3, 0.4) is 0 Å². The van der Waals surface area contributed by atoms with Crippen molar-refractivity contribution in [3.05, 3.63) is 66.0 Å². The van der Waals surface area contributed by atoms with Crippen molar-refractivity contribution in [1.82, 2.24) is 0 Å². The molecule has 122 valence electrons. The van der Waals surface area contributed by atoms with Crippen LogP contribution in [-0.4, -0.2) is 18.4 Å². The van der Waals surface area contributed by atoms with E-state index in [0.717, 1.165) is 12.1 Å². The highest BCUT2D eigenvalue weighted by atomic mass is 19.1. The van der Waals surface area contributed by atoms with Crippen molar-refractivity contribution in [1.29, 1.82) is 0 Å². The lowest BCUT2D eigenvalue weighted by Crippen LogP contribution is -2.23. The molecule has 1 fully saturated rings. The summed E-state index contributed by atoms with van der Waals surface area (Å²) in [5.41, 5.74) is 1.38. The zero-order valence-corrected chi connectivity index (χ0v) is 12.9. The standard InChI is InChI=1S/C19H16FNO3/c20-15-4-1-3-14(13-15)6-11-19(23)24-17-9-7-16(8-10-17)21-12-2-5-18(21)22/h1,3-4,6-11,13H,2,5,12H2/b11-6+. The molecule has 1 amide bonds. The molecule has 0 atom stereocenters. The number of anilines is 1. The van der Waals surface area contributed by atoms with Crippen molar-refractivity contribution >= 4 is 23.6 Å². The number of rotatable bonds is 4. The van der Waals surface area contributed by atoms with E-state index in [2.05, 4.69) is 0 Å². The zero-order chi connectivity index (χ0) is 16.9. The lowest BCUT2D eigenvalue weighted by molar-refractivity contribution is -0.128. The normalized spacial score (nSPS) is 14.4. The van der Waals surface area contributed by atoms with E-state index < -0.39 is 5.97 Å². The average molecular weight is 325 g/mol. The number of hydrogen-bond donors (Lipinski definition) is 0. The largest absolute Gasteiger partial charge is 0.423 e. The van der Waals surface area contributed by atoms with E-state index in [1.54, 1.807) is 41.3 Å². The molecule has 2 aromatic carbocycles. The van der Waals surface area contributed by atoms with Crippen molar-refractivity contribution < 1.29 is 18.7 Å². The van der Waals surface area contributed by atoms with Crippen LogP contribution in [0.5, 0.6) is 5.75 Å². The number of amides is 1. The van der Waals surface area contributed by atoms with Gasteiger partial charge in [-0.3, -0.25) is 4.79 Å². The number of esters is 1. The first-order chi connectivity index (χ1) is 11.6. The molecule has 0 bridgehead atoms. The van der Waals surface area contributed by atoms with E-state index in [-0.39, 0.29) is 11.7 Å². The first-order valence-corrected chi connectivity index (χ1v) is 7.68. The zero-order valence-electron chi connectivity index (χ0n) is 12.9. The highest BCUT2D eigenvalue weighted by Gasteiger charge is 2.21. The Kier molecular flexibility index (Phi) is 4.70. The summed E-state index contributed by atoms with van der Waals surface area (Å²) in [7, 11) is 0. The molecule has 0 saturated carbocycles. The van der Waals surface area contributed by atoms with E-state index in [0.29, 0.717) is 24.3 Å². The summed E-state index contributed by atoms with van der Waals surface area (Å²) < 4.78 is 18.2. The van der Waals surface area contributed by atoms with Crippen LogP contribution in [0.4, 0.5) is 10.1 Å². The molecule has 0 aliphatic carbocycles. The van der Waals surface area contributed by atoms with Crippen LogP contribution in [0, 0.1) is 5.82 Å². The van der Waals surface area contributed by atoms with Crippen molar-refractivity contribution in [2.24, 2.45) is 0 Å². The molecule has 4 nitrogen and oxygen atoms in total. The maximum absolute atomic E-state index is 13.1. The summed E-state index contributed by atoms with van der Waals surface area (Å²) in [6, 6.07) is 12.7. The van der Waals surface area contributed by atoms with Gasteiger partial charge in [-0.15, -0.1) is 0 Å². The van der Waals surface area contributed by atoms with Gasteiger partial charge >= 0.3 is 5.97 Å². The topological polar surface area (TPSA) is 46.6 Å². The molecule has 1 aliphatic heterocycles. The Hall–Kier alpha value is -2.95. The van der Waals surface area contributed by atoms with Crippen LogP contribution in [0.1, 0.15) is 18.4 Å². The van der Waals surface area contributed by atoms with E-state index in [1.165, 1.54) is 24.3 Å². The first kappa shape index (κ1) is 15.9.